The number of rotatable bonds is 3. The molecule has 148 valence electrons. The van der Waals surface area contributed by atoms with Crippen LogP contribution < -0.4 is 9.80 Å². The van der Waals surface area contributed by atoms with Crippen LogP contribution in [0.1, 0.15) is 35.4 Å². The Labute approximate surface area is 164 Å². The Morgan fingerprint density at radius 1 is 0.893 bits per heavy atom. The van der Waals surface area contributed by atoms with Gasteiger partial charge in [0.25, 0.3) is 5.91 Å². The van der Waals surface area contributed by atoms with Gasteiger partial charge in [-0.15, -0.1) is 0 Å². The minimum absolute atomic E-state index is 0.181. The van der Waals surface area contributed by atoms with E-state index < -0.39 is 5.82 Å². The topological polar surface area (TPSA) is 65.5 Å². The lowest BCUT2D eigenvalue weighted by Gasteiger charge is -2.36. The van der Waals surface area contributed by atoms with Gasteiger partial charge in [-0.1, -0.05) is 0 Å². The third kappa shape index (κ3) is 4.05. The van der Waals surface area contributed by atoms with E-state index in [1.165, 1.54) is 31.5 Å². The van der Waals surface area contributed by atoms with Gasteiger partial charge in [0.1, 0.15) is 23.3 Å². The first kappa shape index (κ1) is 18.6. The molecule has 2 saturated heterocycles. The average molecular weight is 384 g/mol. The highest BCUT2D eigenvalue weighted by atomic mass is 19.1. The average Bonchev–Trinajstić information content (AvgIpc) is 2.73. The predicted molar refractivity (Wildman–Crippen MR) is 105 cm³/mol. The SMILES string of the molecule is Cc1nc(N2CCCCC2)cc(N2CCN(C(=O)c3cncc(F)c3)CC2)n1. The second-order valence-corrected chi connectivity index (χ2v) is 7.35. The van der Waals surface area contributed by atoms with Crippen LogP contribution >= 0.6 is 0 Å². The Kier molecular flexibility index (Phi) is 5.36. The summed E-state index contributed by atoms with van der Waals surface area (Å²) in [6.07, 6.45) is 6.20. The van der Waals surface area contributed by atoms with Crippen LogP contribution in [-0.2, 0) is 0 Å². The standard InChI is InChI=1S/C20H25FN6O/c1-15-23-18(25-5-3-2-4-6-25)12-19(24-15)26-7-9-27(10-8-26)20(28)16-11-17(21)14-22-13-16/h11-14H,2-10H2,1H3. The lowest BCUT2D eigenvalue weighted by molar-refractivity contribution is 0.0745. The molecular formula is C20H25FN6O. The molecule has 0 atom stereocenters. The van der Waals surface area contributed by atoms with Crippen LogP contribution in [0.25, 0.3) is 0 Å². The Morgan fingerprint density at radius 3 is 2.18 bits per heavy atom. The van der Waals surface area contributed by atoms with Crippen molar-refractivity contribution in [2.24, 2.45) is 0 Å². The molecule has 0 saturated carbocycles. The minimum Gasteiger partial charge on any atom is -0.356 e. The molecule has 8 heteroatoms. The highest BCUT2D eigenvalue weighted by Gasteiger charge is 2.24. The summed E-state index contributed by atoms with van der Waals surface area (Å²) in [7, 11) is 0. The van der Waals surface area contributed by atoms with Crippen molar-refractivity contribution in [3.63, 3.8) is 0 Å². The van der Waals surface area contributed by atoms with Crippen LogP contribution in [-0.4, -0.2) is 65.0 Å². The number of amides is 1. The first-order valence-corrected chi connectivity index (χ1v) is 9.85. The van der Waals surface area contributed by atoms with Gasteiger partial charge in [-0.05, 0) is 32.3 Å². The molecule has 0 aromatic carbocycles. The molecule has 0 bridgehead atoms. The van der Waals surface area contributed by atoms with Gasteiger partial charge >= 0.3 is 0 Å². The summed E-state index contributed by atoms with van der Waals surface area (Å²) in [5.74, 6) is 1.99. The van der Waals surface area contributed by atoms with E-state index in [1.807, 2.05) is 6.92 Å². The fourth-order valence-electron chi connectivity index (χ4n) is 3.83. The minimum atomic E-state index is -0.494. The number of piperidine rings is 1. The van der Waals surface area contributed by atoms with E-state index in [0.717, 1.165) is 36.7 Å². The number of anilines is 2. The van der Waals surface area contributed by atoms with Gasteiger partial charge in [-0.3, -0.25) is 9.78 Å². The van der Waals surface area contributed by atoms with Crippen molar-refractivity contribution in [3.8, 4) is 0 Å². The zero-order valence-corrected chi connectivity index (χ0v) is 16.1. The number of pyridine rings is 1. The molecule has 28 heavy (non-hydrogen) atoms. The summed E-state index contributed by atoms with van der Waals surface area (Å²) in [5, 5.41) is 0. The molecule has 0 aliphatic carbocycles. The Hall–Kier alpha value is -2.77. The van der Waals surface area contributed by atoms with Gasteiger partial charge in [0.05, 0.1) is 11.8 Å². The summed E-state index contributed by atoms with van der Waals surface area (Å²) >= 11 is 0. The molecule has 0 radical (unpaired) electrons. The van der Waals surface area contributed by atoms with Crippen LogP contribution in [0.15, 0.2) is 24.5 Å². The molecule has 7 nitrogen and oxygen atoms in total. The Bertz CT molecular complexity index is 846. The van der Waals surface area contributed by atoms with Gasteiger partial charge in [0.2, 0.25) is 0 Å². The van der Waals surface area contributed by atoms with Crippen LogP contribution in [0.3, 0.4) is 0 Å². The molecular weight excluding hydrogens is 359 g/mol. The normalized spacial score (nSPS) is 17.7. The largest absolute Gasteiger partial charge is 0.356 e. The van der Waals surface area contributed by atoms with Crippen molar-refractivity contribution in [1.29, 1.82) is 0 Å². The van der Waals surface area contributed by atoms with E-state index in [0.29, 0.717) is 31.7 Å². The van der Waals surface area contributed by atoms with E-state index in [2.05, 4.69) is 30.8 Å². The van der Waals surface area contributed by atoms with Gasteiger partial charge in [-0.2, -0.15) is 0 Å². The van der Waals surface area contributed by atoms with Crippen molar-refractivity contribution in [2.75, 3.05) is 49.1 Å². The predicted octanol–water partition coefficient (Wildman–Crippen LogP) is 2.27. The summed E-state index contributed by atoms with van der Waals surface area (Å²) in [5.41, 5.74) is 0.290. The Morgan fingerprint density at radius 2 is 1.54 bits per heavy atom. The van der Waals surface area contributed by atoms with Crippen molar-refractivity contribution < 1.29 is 9.18 Å². The van der Waals surface area contributed by atoms with E-state index >= 15 is 0 Å². The van der Waals surface area contributed by atoms with Gasteiger partial charge in [-0.25, -0.2) is 14.4 Å². The van der Waals surface area contributed by atoms with E-state index in [9.17, 15) is 9.18 Å². The molecule has 2 aromatic heterocycles. The number of carbonyl (C=O) groups is 1. The second kappa shape index (κ2) is 8.08. The van der Waals surface area contributed by atoms with E-state index in [-0.39, 0.29) is 5.91 Å². The quantitative estimate of drug-likeness (QED) is 0.809. The maximum atomic E-state index is 13.3. The molecule has 2 aromatic rings. The smallest absolute Gasteiger partial charge is 0.255 e. The number of halogens is 1. The van der Waals surface area contributed by atoms with Crippen molar-refractivity contribution in [3.05, 3.63) is 41.7 Å². The maximum Gasteiger partial charge on any atom is 0.255 e. The second-order valence-electron chi connectivity index (χ2n) is 7.35. The lowest BCUT2D eigenvalue weighted by atomic mass is 10.1. The summed E-state index contributed by atoms with van der Waals surface area (Å²) in [4.78, 5) is 31.9. The molecule has 2 aliphatic heterocycles. The van der Waals surface area contributed by atoms with Crippen molar-refractivity contribution in [1.82, 2.24) is 19.9 Å². The van der Waals surface area contributed by atoms with Crippen LogP contribution in [0, 0.1) is 12.7 Å². The number of hydrogen-bond donors (Lipinski definition) is 0. The molecule has 0 unspecified atom stereocenters. The number of aromatic nitrogens is 3. The fourth-order valence-corrected chi connectivity index (χ4v) is 3.83. The molecule has 4 rings (SSSR count). The zero-order chi connectivity index (χ0) is 19.5. The van der Waals surface area contributed by atoms with E-state index in [1.54, 1.807) is 4.90 Å². The van der Waals surface area contributed by atoms with Crippen molar-refractivity contribution in [2.45, 2.75) is 26.2 Å². The molecule has 2 aliphatic rings. The highest BCUT2D eigenvalue weighted by Crippen LogP contribution is 2.23. The Balaban J connectivity index is 1.43. The summed E-state index contributed by atoms with van der Waals surface area (Å²) in [6, 6.07) is 3.30. The monoisotopic (exact) mass is 384 g/mol. The molecule has 2 fully saturated rings. The molecule has 0 N–H and O–H groups in total. The maximum absolute atomic E-state index is 13.3. The van der Waals surface area contributed by atoms with Gasteiger partial charge in [0, 0.05) is 51.5 Å². The van der Waals surface area contributed by atoms with Crippen LogP contribution in [0.2, 0.25) is 0 Å². The molecule has 1 amide bonds. The fraction of sp³-hybridized carbons (Fsp3) is 0.500. The number of carbonyl (C=O) groups excluding carboxylic acids is 1. The summed E-state index contributed by atoms with van der Waals surface area (Å²) < 4.78 is 13.3. The lowest BCUT2D eigenvalue weighted by Crippen LogP contribution is -2.49. The van der Waals surface area contributed by atoms with E-state index in [4.69, 9.17) is 0 Å². The number of hydrogen-bond acceptors (Lipinski definition) is 6. The van der Waals surface area contributed by atoms with Crippen LogP contribution in [0.4, 0.5) is 16.0 Å². The first-order valence-electron chi connectivity index (χ1n) is 9.85. The molecule has 0 spiro atoms. The summed E-state index contributed by atoms with van der Waals surface area (Å²) in [6.45, 7) is 6.51. The van der Waals surface area contributed by atoms with Gasteiger partial charge < -0.3 is 14.7 Å². The molecule has 4 heterocycles. The third-order valence-corrected chi connectivity index (χ3v) is 5.33. The number of piperazine rings is 1. The first-order chi connectivity index (χ1) is 13.6. The van der Waals surface area contributed by atoms with Gasteiger partial charge in [0.15, 0.2) is 0 Å². The number of nitrogens with zero attached hydrogens (tertiary/aromatic N) is 6. The van der Waals surface area contributed by atoms with Crippen molar-refractivity contribution >= 4 is 17.5 Å². The van der Waals surface area contributed by atoms with Crippen LogP contribution in [0.5, 0.6) is 0 Å². The zero-order valence-electron chi connectivity index (χ0n) is 16.1. The number of aryl methyl sites for hydroxylation is 1. The third-order valence-electron chi connectivity index (χ3n) is 5.33. The highest BCUT2D eigenvalue weighted by molar-refractivity contribution is 5.94.